The summed E-state index contributed by atoms with van der Waals surface area (Å²) < 4.78 is 0. The number of rotatable bonds is 3. The normalized spacial score (nSPS) is 17.8. The van der Waals surface area contributed by atoms with Gasteiger partial charge in [0.1, 0.15) is 5.54 Å². The molecule has 0 atom stereocenters. The lowest BCUT2D eigenvalue weighted by Gasteiger charge is -2.44. The van der Waals surface area contributed by atoms with Crippen molar-refractivity contribution in [2.75, 3.05) is 33.2 Å². The monoisotopic (exact) mass is 292 g/mol. The third-order valence-corrected chi connectivity index (χ3v) is 3.13. The van der Waals surface area contributed by atoms with E-state index in [1.165, 1.54) is 4.90 Å². The summed E-state index contributed by atoms with van der Waals surface area (Å²) in [6.07, 6.45) is 0. The summed E-state index contributed by atoms with van der Waals surface area (Å²) >= 11 is 0. The average Bonchev–Trinajstić information content (AvgIpc) is 2.32. The highest BCUT2D eigenvalue weighted by Gasteiger charge is 2.42. The molecule has 3 amide bonds. The van der Waals surface area contributed by atoms with Crippen LogP contribution in [0.3, 0.4) is 0 Å². The molecule has 110 valence electrons. The van der Waals surface area contributed by atoms with Crippen LogP contribution in [-0.2, 0) is 14.4 Å². The Kier molecular flexibility index (Phi) is 6.24. The highest BCUT2D eigenvalue weighted by atomic mass is 35.5. The largest absolute Gasteiger partial charge is 0.346 e. The second kappa shape index (κ2) is 6.72. The molecule has 1 rings (SSSR count). The number of halogens is 1. The predicted molar refractivity (Wildman–Crippen MR) is 72.7 cm³/mol. The van der Waals surface area contributed by atoms with E-state index in [0.29, 0.717) is 13.1 Å². The number of carbonyl (C=O) groups excluding carboxylic acids is 3. The zero-order chi connectivity index (χ0) is 13.9. The molecule has 0 aromatic rings. The molecule has 0 radical (unpaired) electrons. The molecule has 3 N–H and O–H groups in total. The van der Waals surface area contributed by atoms with Crippen molar-refractivity contribution in [3.63, 3.8) is 0 Å². The summed E-state index contributed by atoms with van der Waals surface area (Å²) in [5.74, 6) is -0.767. The molecule has 1 aliphatic heterocycles. The number of nitrogens with one attached hydrogen (secondary N) is 1. The van der Waals surface area contributed by atoms with E-state index < -0.39 is 5.54 Å². The van der Waals surface area contributed by atoms with Crippen LogP contribution in [0.2, 0.25) is 0 Å². The molecule has 0 spiro atoms. The number of piperazine rings is 1. The van der Waals surface area contributed by atoms with Crippen molar-refractivity contribution in [3.8, 4) is 0 Å². The third-order valence-electron chi connectivity index (χ3n) is 3.13. The Labute approximate surface area is 118 Å². The number of carbonyl (C=O) groups is 3. The van der Waals surface area contributed by atoms with Crippen LogP contribution >= 0.6 is 12.4 Å². The molecule has 8 heteroatoms. The fourth-order valence-electron chi connectivity index (χ4n) is 1.99. The van der Waals surface area contributed by atoms with Crippen molar-refractivity contribution in [1.82, 2.24) is 15.1 Å². The van der Waals surface area contributed by atoms with Gasteiger partial charge in [0.25, 0.3) is 0 Å². The Morgan fingerprint density at radius 2 is 1.95 bits per heavy atom. The molecule has 0 unspecified atom stereocenters. The Balaban J connectivity index is 0.00000324. The molecule has 7 nitrogen and oxygen atoms in total. The lowest BCUT2D eigenvalue weighted by molar-refractivity contribution is -0.157. The van der Waals surface area contributed by atoms with Gasteiger partial charge in [0.05, 0.1) is 13.1 Å². The van der Waals surface area contributed by atoms with E-state index in [4.69, 9.17) is 5.73 Å². The van der Waals surface area contributed by atoms with Crippen LogP contribution in [0.5, 0.6) is 0 Å². The molecule has 0 aromatic carbocycles. The highest BCUT2D eigenvalue weighted by molar-refractivity contribution is 5.93. The van der Waals surface area contributed by atoms with Gasteiger partial charge in [-0.1, -0.05) is 0 Å². The van der Waals surface area contributed by atoms with Gasteiger partial charge in [-0.15, -0.1) is 12.4 Å². The van der Waals surface area contributed by atoms with E-state index >= 15 is 0 Å². The van der Waals surface area contributed by atoms with Crippen molar-refractivity contribution < 1.29 is 14.4 Å². The molecule has 0 bridgehead atoms. The second-order valence-corrected chi connectivity index (χ2v) is 4.81. The fourth-order valence-corrected chi connectivity index (χ4v) is 1.99. The van der Waals surface area contributed by atoms with Crippen LogP contribution < -0.4 is 11.1 Å². The lowest BCUT2D eigenvalue weighted by Crippen LogP contribution is -2.64. The Morgan fingerprint density at radius 1 is 1.37 bits per heavy atom. The Hall–Kier alpha value is -1.34. The molecule has 0 aliphatic carbocycles. The molecular weight excluding hydrogens is 272 g/mol. The van der Waals surface area contributed by atoms with Gasteiger partial charge >= 0.3 is 0 Å². The lowest BCUT2D eigenvalue weighted by atomic mass is 9.97. The number of likely N-dealkylation sites (N-methyl/N-ethyl adjacent to an activating group) is 1. The van der Waals surface area contributed by atoms with E-state index in [0.717, 1.165) is 0 Å². The van der Waals surface area contributed by atoms with Crippen molar-refractivity contribution in [2.45, 2.75) is 19.4 Å². The molecule has 1 heterocycles. The molecule has 1 saturated heterocycles. The van der Waals surface area contributed by atoms with Crippen LogP contribution in [0.4, 0.5) is 0 Å². The fraction of sp³-hybridized carbons (Fsp3) is 0.727. The second-order valence-electron chi connectivity index (χ2n) is 4.81. The minimum atomic E-state index is -0.877. The number of hydrogen-bond acceptors (Lipinski definition) is 4. The molecular formula is C11H21ClN4O3. The Morgan fingerprint density at radius 3 is 2.47 bits per heavy atom. The van der Waals surface area contributed by atoms with Gasteiger partial charge in [-0.25, -0.2) is 0 Å². The van der Waals surface area contributed by atoms with E-state index in [2.05, 4.69) is 5.32 Å². The summed E-state index contributed by atoms with van der Waals surface area (Å²) in [6, 6.07) is 0. The maximum absolute atomic E-state index is 12.0. The van der Waals surface area contributed by atoms with Gasteiger partial charge in [0, 0.05) is 20.1 Å². The topological polar surface area (TPSA) is 95.7 Å². The SMILES string of the molecule is CN1CCN(C(=O)CNC(=O)CN)C(C)(C)C1=O.Cl. The quantitative estimate of drug-likeness (QED) is 0.666. The predicted octanol–water partition coefficient (Wildman–Crippen LogP) is -1.44. The minimum Gasteiger partial charge on any atom is -0.346 e. The van der Waals surface area contributed by atoms with Crippen molar-refractivity contribution in [1.29, 1.82) is 0 Å². The van der Waals surface area contributed by atoms with Gasteiger partial charge in [0.15, 0.2) is 0 Å². The van der Waals surface area contributed by atoms with Crippen LogP contribution in [-0.4, -0.2) is 66.3 Å². The summed E-state index contributed by atoms with van der Waals surface area (Å²) in [5, 5.41) is 2.41. The number of nitrogens with two attached hydrogens (primary N) is 1. The van der Waals surface area contributed by atoms with Gasteiger partial charge in [-0.05, 0) is 13.8 Å². The molecule has 1 aliphatic rings. The highest BCUT2D eigenvalue weighted by Crippen LogP contribution is 2.21. The maximum Gasteiger partial charge on any atom is 0.247 e. The van der Waals surface area contributed by atoms with Gasteiger partial charge in [-0.2, -0.15) is 0 Å². The molecule has 0 saturated carbocycles. The smallest absolute Gasteiger partial charge is 0.247 e. The first-order valence-corrected chi connectivity index (χ1v) is 5.83. The first kappa shape index (κ1) is 17.7. The van der Waals surface area contributed by atoms with Gasteiger partial charge in [-0.3, -0.25) is 14.4 Å². The molecule has 19 heavy (non-hydrogen) atoms. The summed E-state index contributed by atoms with van der Waals surface area (Å²) in [7, 11) is 1.71. The maximum atomic E-state index is 12.0. The minimum absolute atomic E-state index is 0. The van der Waals surface area contributed by atoms with Crippen molar-refractivity contribution >= 4 is 30.1 Å². The average molecular weight is 293 g/mol. The summed E-state index contributed by atoms with van der Waals surface area (Å²) in [6.45, 7) is 4.08. The van der Waals surface area contributed by atoms with Crippen molar-refractivity contribution in [2.24, 2.45) is 5.73 Å². The van der Waals surface area contributed by atoms with E-state index in [1.807, 2.05) is 0 Å². The van der Waals surface area contributed by atoms with Crippen molar-refractivity contribution in [3.05, 3.63) is 0 Å². The van der Waals surface area contributed by atoms with Gasteiger partial charge < -0.3 is 20.9 Å². The number of hydrogen-bond donors (Lipinski definition) is 2. The van der Waals surface area contributed by atoms with E-state index in [-0.39, 0.29) is 43.2 Å². The number of amides is 3. The van der Waals surface area contributed by atoms with Crippen LogP contribution in [0.1, 0.15) is 13.8 Å². The molecule has 0 aromatic heterocycles. The zero-order valence-electron chi connectivity index (χ0n) is 11.4. The standard InChI is InChI=1S/C11H20N4O3.ClH/c1-11(2)10(18)14(3)4-5-15(11)9(17)7-13-8(16)6-12;/h4-7,12H2,1-3H3,(H,13,16);1H. The summed E-state index contributed by atoms with van der Waals surface area (Å²) in [5.41, 5.74) is 4.26. The van der Waals surface area contributed by atoms with Crippen LogP contribution in [0.25, 0.3) is 0 Å². The third kappa shape index (κ3) is 3.81. The Bertz CT molecular complexity index is 373. The summed E-state index contributed by atoms with van der Waals surface area (Å²) in [4.78, 5) is 38.1. The van der Waals surface area contributed by atoms with E-state index in [1.54, 1.807) is 25.8 Å². The number of nitrogens with zero attached hydrogens (tertiary/aromatic N) is 2. The zero-order valence-corrected chi connectivity index (χ0v) is 12.2. The first-order valence-electron chi connectivity index (χ1n) is 5.83. The van der Waals surface area contributed by atoms with E-state index in [9.17, 15) is 14.4 Å². The van der Waals surface area contributed by atoms with Crippen LogP contribution in [0, 0.1) is 0 Å². The first-order chi connectivity index (χ1) is 8.30. The van der Waals surface area contributed by atoms with Gasteiger partial charge in [0.2, 0.25) is 17.7 Å². The molecule has 1 fully saturated rings. The van der Waals surface area contributed by atoms with Crippen LogP contribution in [0.15, 0.2) is 0 Å².